The van der Waals surface area contributed by atoms with Crippen molar-refractivity contribution in [1.82, 2.24) is 15.3 Å². The van der Waals surface area contributed by atoms with Gasteiger partial charge in [-0.3, -0.25) is 0 Å². The molecular weight excluding hydrogens is 162 g/mol. The van der Waals surface area contributed by atoms with Gasteiger partial charge in [-0.15, -0.1) is 0 Å². The maximum atomic E-state index is 4.26. The third-order valence-corrected chi connectivity index (χ3v) is 2.50. The Kier molecular flexibility index (Phi) is 3.37. The lowest BCUT2D eigenvalue weighted by atomic mass is 9.99. The van der Waals surface area contributed by atoms with Crippen LogP contribution in [0.5, 0.6) is 0 Å². The van der Waals surface area contributed by atoms with E-state index in [2.05, 4.69) is 29.1 Å². The molecule has 72 valence electrons. The van der Waals surface area contributed by atoms with Gasteiger partial charge in [0.05, 0.1) is 0 Å². The summed E-state index contributed by atoms with van der Waals surface area (Å²) in [7, 11) is 1.97. The van der Waals surface area contributed by atoms with Crippen molar-refractivity contribution in [2.45, 2.75) is 32.7 Å². The van der Waals surface area contributed by atoms with Gasteiger partial charge in [0.1, 0.15) is 6.33 Å². The highest BCUT2D eigenvalue weighted by Crippen LogP contribution is 2.16. The Bertz CT molecular complexity index is 273. The summed E-state index contributed by atoms with van der Waals surface area (Å²) < 4.78 is 0. The Morgan fingerprint density at radius 2 is 2.00 bits per heavy atom. The molecule has 3 nitrogen and oxygen atoms in total. The van der Waals surface area contributed by atoms with Crippen molar-refractivity contribution < 1.29 is 0 Å². The molecule has 1 rings (SSSR count). The number of likely N-dealkylation sites (N-methyl/N-ethyl adjacent to an activating group) is 1. The Labute approximate surface area is 79.6 Å². The lowest BCUT2D eigenvalue weighted by molar-refractivity contribution is 0.514. The van der Waals surface area contributed by atoms with E-state index >= 15 is 0 Å². The van der Waals surface area contributed by atoms with Gasteiger partial charge in [-0.25, -0.2) is 9.97 Å². The number of hydrogen-bond donors (Lipinski definition) is 1. The van der Waals surface area contributed by atoms with Crippen molar-refractivity contribution in [2.24, 2.45) is 0 Å². The molecule has 0 amide bonds. The number of aromatic nitrogens is 2. The van der Waals surface area contributed by atoms with Crippen LogP contribution in [0.2, 0.25) is 0 Å². The van der Waals surface area contributed by atoms with Crippen LogP contribution >= 0.6 is 0 Å². The monoisotopic (exact) mass is 179 g/mol. The van der Waals surface area contributed by atoms with E-state index in [9.17, 15) is 0 Å². The molecule has 1 heterocycles. The van der Waals surface area contributed by atoms with Crippen LogP contribution in [0.3, 0.4) is 0 Å². The Morgan fingerprint density at radius 3 is 2.54 bits per heavy atom. The maximum absolute atomic E-state index is 4.26. The van der Waals surface area contributed by atoms with Gasteiger partial charge in [0, 0.05) is 23.3 Å². The second-order valence-corrected chi connectivity index (χ2v) is 3.45. The second-order valence-electron chi connectivity index (χ2n) is 3.45. The van der Waals surface area contributed by atoms with Crippen LogP contribution in [0.15, 0.2) is 12.4 Å². The van der Waals surface area contributed by atoms with E-state index in [1.807, 2.05) is 20.0 Å². The molecular formula is C10H17N3. The zero-order valence-electron chi connectivity index (χ0n) is 8.70. The van der Waals surface area contributed by atoms with E-state index in [-0.39, 0.29) is 0 Å². The first-order chi connectivity index (χ1) is 6.15. The molecule has 3 heteroatoms. The topological polar surface area (TPSA) is 37.8 Å². The summed E-state index contributed by atoms with van der Waals surface area (Å²) in [5, 5.41) is 3.22. The third kappa shape index (κ3) is 2.49. The van der Waals surface area contributed by atoms with E-state index < -0.39 is 0 Å². The average molecular weight is 179 g/mol. The Morgan fingerprint density at radius 1 is 1.31 bits per heavy atom. The summed E-state index contributed by atoms with van der Waals surface area (Å²) >= 11 is 0. The first-order valence-electron chi connectivity index (χ1n) is 4.61. The predicted octanol–water partition coefficient (Wildman–Crippen LogP) is 1.50. The summed E-state index contributed by atoms with van der Waals surface area (Å²) in [5.41, 5.74) is 2.13. The smallest absolute Gasteiger partial charge is 0.115 e. The maximum Gasteiger partial charge on any atom is 0.115 e. The molecule has 1 aromatic rings. The summed E-state index contributed by atoms with van der Waals surface area (Å²) in [4.78, 5) is 8.33. The van der Waals surface area contributed by atoms with Crippen molar-refractivity contribution in [3.8, 4) is 0 Å². The number of rotatable bonds is 3. The van der Waals surface area contributed by atoms with E-state index in [1.165, 1.54) is 0 Å². The molecule has 2 atom stereocenters. The highest BCUT2D eigenvalue weighted by molar-refractivity contribution is 5.12. The van der Waals surface area contributed by atoms with Crippen LogP contribution in [0.25, 0.3) is 0 Å². The van der Waals surface area contributed by atoms with Crippen LogP contribution in [0.1, 0.15) is 31.2 Å². The largest absolute Gasteiger partial charge is 0.317 e. The summed E-state index contributed by atoms with van der Waals surface area (Å²) in [6.45, 7) is 6.31. The quantitative estimate of drug-likeness (QED) is 0.764. The minimum Gasteiger partial charge on any atom is -0.317 e. The van der Waals surface area contributed by atoms with Gasteiger partial charge >= 0.3 is 0 Å². The molecule has 13 heavy (non-hydrogen) atoms. The minimum atomic E-state index is 0.423. The van der Waals surface area contributed by atoms with Crippen LogP contribution in [-0.4, -0.2) is 23.1 Å². The molecule has 0 saturated carbocycles. The van der Waals surface area contributed by atoms with Gasteiger partial charge in [0.25, 0.3) is 0 Å². The number of hydrogen-bond acceptors (Lipinski definition) is 3. The van der Waals surface area contributed by atoms with Crippen LogP contribution in [-0.2, 0) is 0 Å². The van der Waals surface area contributed by atoms with E-state index in [1.54, 1.807) is 6.33 Å². The summed E-state index contributed by atoms with van der Waals surface area (Å²) in [6, 6.07) is 2.48. The lowest BCUT2D eigenvalue weighted by Gasteiger charge is -2.18. The highest BCUT2D eigenvalue weighted by Gasteiger charge is 2.13. The fourth-order valence-electron chi connectivity index (χ4n) is 1.23. The van der Waals surface area contributed by atoms with Gasteiger partial charge < -0.3 is 5.32 Å². The molecule has 0 bridgehead atoms. The van der Waals surface area contributed by atoms with E-state index in [0.29, 0.717) is 12.0 Å². The molecule has 0 aromatic carbocycles. The molecule has 1 N–H and O–H groups in total. The molecule has 0 aliphatic rings. The Hall–Kier alpha value is -0.960. The third-order valence-electron chi connectivity index (χ3n) is 2.50. The summed E-state index contributed by atoms with van der Waals surface area (Å²) in [5.74, 6) is 0.423. The van der Waals surface area contributed by atoms with Gasteiger partial charge in [-0.1, -0.05) is 6.92 Å². The fraction of sp³-hybridized carbons (Fsp3) is 0.600. The zero-order chi connectivity index (χ0) is 9.84. The van der Waals surface area contributed by atoms with Crippen molar-refractivity contribution in [2.75, 3.05) is 7.05 Å². The van der Waals surface area contributed by atoms with E-state index in [4.69, 9.17) is 0 Å². The fourth-order valence-corrected chi connectivity index (χ4v) is 1.23. The summed E-state index contributed by atoms with van der Waals surface area (Å²) in [6.07, 6.45) is 1.63. The normalized spacial score (nSPS) is 15.4. The Balaban J connectivity index is 2.82. The number of aryl methyl sites for hydroxylation is 1. The highest BCUT2D eigenvalue weighted by atomic mass is 14.9. The molecule has 2 unspecified atom stereocenters. The van der Waals surface area contributed by atoms with Gasteiger partial charge in [0.2, 0.25) is 0 Å². The van der Waals surface area contributed by atoms with Crippen molar-refractivity contribution in [3.05, 3.63) is 23.8 Å². The molecule has 0 fully saturated rings. The van der Waals surface area contributed by atoms with Crippen LogP contribution in [0.4, 0.5) is 0 Å². The van der Waals surface area contributed by atoms with Gasteiger partial charge in [0.15, 0.2) is 0 Å². The second kappa shape index (κ2) is 4.33. The first kappa shape index (κ1) is 10.1. The van der Waals surface area contributed by atoms with Crippen molar-refractivity contribution in [1.29, 1.82) is 0 Å². The van der Waals surface area contributed by atoms with Crippen molar-refractivity contribution >= 4 is 0 Å². The molecule has 0 radical (unpaired) electrons. The predicted molar refractivity (Wildman–Crippen MR) is 53.7 cm³/mol. The number of nitrogens with one attached hydrogen (secondary N) is 1. The van der Waals surface area contributed by atoms with E-state index in [0.717, 1.165) is 11.4 Å². The number of nitrogens with zero attached hydrogens (tertiary/aromatic N) is 2. The average Bonchev–Trinajstić information content (AvgIpc) is 2.15. The lowest BCUT2D eigenvalue weighted by Crippen LogP contribution is -2.27. The van der Waals surface area contributed by atoms with Gasteiger partial charge in [-0.2, -0.15) is 0 Å². The van der Waals surface area contributed by atoms with Crippen LogP contribution in [0, 0.1) is 6.92 Å². The molecule has 0 spiro atoms. The molecule has 0 aliphatic heterocycles. The molecule has 1 aromatic heterocycles. The zero-order valence-corrected chi connectivity index (χ0v) is 8.70. The molecule has 0 saturated heterocycles. The first-order valence-corrected chi connectivity index (χ1v) is 4.61. The van der Waals surface area contributed by atoms with Crippen LogP contribution < -0.4 is 5.32 Å². The standard InChI is InChI=1S/C10H17N3/c1-7-5-10(13-6-12-7)8(2)9(3)11-4/h5-6,8-9,11H,1-4H3. The SMILES string of the molecule is CNC(C)C(C)c1cc(C)ncn1. The minimum absolute atomic E-state index is 0.423. The molecule has 0 aliphatic carbocycles. The van der Waals surface area contributed by atoms with Crippen molar-refractivity contribution in [3.63, 3.8) is 0 Å². The van der Waals surface area contributed by atoms with Gasteiger partial charge in [-0.05, 0) is 27.0 Å².